The fourth-order valence-corrected chi connectivity index (χ4v) is 3.20. The van der Waals surface area contributed by atoms with Crippen molar-refractivity contribution in [1.29, 1.82) is 0 Å². The highest BCUT2D eigenvalue weighted by molar-refractivity contribution is 5.98. The molecule has 1 atom stereocenters. The van der Waals surface area contributed by atoms with Crippen LogP contribution >= 0.6 is 0 Å². The van der Waals surface area contributed by atoms with Crippen molar-refractivity contribution in [2.45, 2.75) is 6.10 Å². The van der Waals surface area contributed by atoms with Crippen molar-refractivity contribution in [3.05, 3.63) is 12.4 Å². The lowest BCUT2D eigenvalue weighted by Gasteiger charge is -2.36. The summed E-state index contributed by atoms with van der Waals surface area (Å²) in [6, 6.07) is 0. The molecule has 1 amide bonds. The van der Waals surface area contributed by atoms with Gasteiger partial charge in [-0.1, -0.05) is 0 Å². The third-order valence-corrected chi connectivity index (χ3v) is 4.56. The Labute approximate surface area is 148 Å². The van der Waals surface area contributed by atoms with Gasteiger partial charge in [0.2, 0.25) is 5.91 Å². The number of carbonyl (C=O) groups is 1. The van der Waals surface area contributed by atoms with E-state index in [9.17, 15) is 4.79 Å². The fraction of sp³-hybridized carbons (Fsp3) is 0.688. The van der Waals surface area contributed by atoms with Crippen molar-refractivity contribution in [1.82, 2.24) is 24.9 Å². The Hall–Kier alpha value is -2.13. The largest absolute Gasteiger partial charge is 0.374 e. The standard InChI is InChI=1S/C16H27N7O2/c1-17-16(18-9-14-11-20(2)6-7-25-14)22-4-5-23(15(24)12-22)13-8-19-21(3)10-13/h8,10,14H,4-7,9,11-12H2,1-3H3,(H,17,18). The van der Waals surface area contributed by atoms with Gasteiger partial charge >= 0.3 is 0 Å². The zero-order chi connectivity index (χ0) is 17.8. The second kappa shape index (κ2) is 7.83. The summed E-state index contributed by atoms with van der Waals surface area (Å²) in [5, 5.41) is 7.48. The van der Waals surface area contributed by atoms with Gasteiger partial charge in [0.25, 0.3) is 0 Å². The Morgan fingerprint density at radius 3 is 2.88 bits per heavy atom. The lowest BCUT2D eigenvalue weighted by Crippen LogP contribution is -2.56. The van der Waals surface area contributed by atoms with Gasteiger partial charge in [0, 0.05) is 53.0 Å². The number of aromatic nitrogens is 2. The molecule has 0 saturated carbocycles. The number of hydrogen-bond donors (Lipinski definition) is 1. The molecule has 2 saturated heterocycles. The first-order chi connectivity index (χ1) is 12.1. The number of likely N-dealkylation sites (N-methyl/N-ethyl adjacent to an activating group) is 1. The highest BCUT2D eigenvalue weighted by Crippen LogP contribution is 2.16. The van der Waals surface area contributed by atoms with Crippen LogP contribution in [0.25, 0.3) is 0 Å². The molecule has 0 aliphatic carbocycles. The van der Waals surface area contributed by atoms with Gasteiger partial charge in [0.15, 0.2) is 5.96 Å². The number of amides is 1. The van der Waals surface area contributed by atoms with Crippen LogP contribution < -0.4 is 10.2 Å². The van der Waals surface area contributed by atoms with E-state index in [1.54, 1.807) is 22.8 Å². The van der Waals surface area contributed by atoms with Crippen LogP contribution in [0, 0.1) is 0 Å². The molecule has 0 spiro atoms. The molecule has 0 radical (unpaired) electrons. The molecule has 0 aromatic carbocycles. The Morgan fingerprint density at radius 1 is 1.40 bits per heavy atom. The van der Waals surface area contributed by atoms with Crippen LogP contribution in [0.15, 0.2) is 17.4 Å². The van der Waals surface area contributed by atoms with Crippen LogP contribution in [0.1, 0.15) is 0 Å². The fourth-order valence-electron chi connectivity index (χ4n) is 3.20. The predicted molar refractivity (Wildman–Crippen MR) is 95.7 cm³/mol. The molecular weight excluding hydrogens is 322 g/mol. The molecule has 9 nitrogen and oxygen atoms in total. The normalized spacial score (nSPS) is 23.2. The summed E-state index contributed by atoms with van der Waals surface area (Å²) in [6.45, 7) is 4.96. The Balaban J connectivity index is 1.53. The lowest BCUT2D eigenvalue weighted by molar-refractivity contribution is -0.120. The van der Waals surface area contributed by atoms with Crippen LogP contribution in [-0.4, -0.2) is 97.5 Å². The molecule has 25 heavy (non-hydrogen) atoms. The number of hydrogen-bond acceptors (Lipinski definition) is 5. The third kappa shape index (κ3) is 4.29. The van der Waals surface area contributed by atoms with Crippen molar-refractivity contribution < 1.29 is 9.53 Å². The van der Waals surface area contributed by atoms with Crippen molar-refractivity contribution in [3.8, 4) is 0 Å². The van der Waals surface area contributed by atoms with E-state index >= 15 is 0 Å². The summed E-state index contributed by atoms with van der Waals surface area (Å²) in [6.07, 6.45) is 3.72. The Bertz CT molecular complexity index is 630. The number of rotatable bonds is 3. The van der Waals surface area contributed by atoms with Crippen molar-refractivity contribution >= 4 is 17.6 Å². The molecular formula is C16H27N7O2. The maximum Gasteiger partial charge on any atom is 0.246 e. The quantitative estimate of drug-likeness (QED) is 0.556. The molecule has 9 heteroatoms. The Kier molecular flexibility index (Phi) is 5.54. The monoisotopic (exact) mass is 349 g/mol. The number of guanidine groups is 1. The van der Waals surface area contributed by atoms with E-state index in [0.717, 1.165) is 37.9 Å². The average Bonchev–Trinajstić information content (AvgIpc) is 3.02. The molecule has 2 fully saturated rings. The third-order valence-electron chi connectivity index (χ3n) is 4.56. The number of nitrogens with one attached hydrogen (secondary N) is 1. The highest BCUT2D eigenvalue weighted by Gasteiger charge is 2.28. The summed E-state index contributed by atoms with van der Waals surface area (Å²) in [5.74, 6) is 0.798. The summed E-state index contributed by atoms with van der Waals surface area (Å²) < 4.78 is 7.47. The molecule has 1 N–H and O–H groups in total. The molecule has 1 aromatic heterocycles. The Morgan fingerprint density at radius 2 is 2.24 bits per heavy atom. The number of ether oxygens (including phenoxy) is 1. The van der Waals surface area contributed by atoms with Gasteiger partial charge in [-0.05, 0) is 7.05 Å². The van der Waals surface area contributed by atoms with Crippen LogP contribution in [0.5, 0.6) is 0 Å². The van der Waals surface area contributed by atoms with E-state index in [1.165, 1.54) is 0 Å². The van der Waals surface area contributed by atoms with Crippen molar-refractivity contribution in [2.75, 3.05) is 64.9 Å². The van der Waals surface area contributed by atoms with Crippen LogP contribution in [0.4, 0.5) is 5.69 Å². The van der Waals surface area contributed by atoms with Gasteiger partial charge in [-0.3, -0.25) is 14.5 Å². The van der Waals surface area contributed by atoms with E-state index in [1.807, 2.05) is 18.1 Å². The van der Waals surface area contributed by atoms with Crippen molar-refractivity contribution in [2.24, 2.45) is 12.0 Å². The first-order valence-corrected chi connectivity index (χ1v) is 8.61. The number of aryl methyl sites for hydroxylation is 1. The summed E-state index contributed by atoms with van der Waals surface area (Å²) >= 11 is 0. The van der Waals surface area contributed by atoms with E-state index < -0.39 is 0 Å². The lowest BCUT2D eigenvalue weighted by atomic mass is 10.2. The first-order valence-electron chi connectivity index (χ1n) is 8.61. The van der Waals surface area contributed by atoms with Crippen LogP contribution in [-0.2, 0) is 16.6 Å². The highest BCUT2D eigenvalue weighted by atomic mass is 16.5. The second-order valence-corrected chi connectivity index (χ2v) is 6.52. The van der Waals surface area contributed by atoms with Gasteiger partial charge in [0.05, 0.1) is 24.6 Å². The first kappa shape index (κ1) is 17.7. The molecule has 138 valence electrons. The van der Waals surface area contributed by atoms with Gasteiger partial charge in [0.1, 0.15) is 6.54 Å². The van der Waals surface area contributed by atoms with E-state index in [4.69, 9.17) is 4.74 Å². The molecule has 3 heterocycles. The van der Waals surface area contributed by atoms with Crippen molar-refractivity contribution in [3.63, 3.8) is 0 Å². The van der Waals surface area contributed by atoms with E-state index in [0.29, 0.717) is 19.6 Å². The zero-order valence-electron chi connectivity index (χ0n) is 15.2. The van der Waals surface area contributed by atoms with Gasteiger partial charge in [-0.2, -0.15) is 5.10 Å². The number of carbonyl (C=O) groups excluding carboxylic acids is 1. The van der Waals surface area contributed by atoms with Gasteiger partial charge in [-0.15, -0.1) is 0 Å². The number of morpholine rings is 1. The summed E-state index contributed by atoms with van der Waals surface area (Å²) in [4.78, 5) is 22.9. The molecule has 1 aromatic rings. The minimum atomic E-state index is 0.0517. The van der Waals surface area contributed by atoms with Crippen LogP contribution in [0.3, 0.4) is 0 Å². The number of aliphatic imine (C=N–C) groups is 1. The summed E-state index contributed by atoms with van der Waals surface area (Å²) in [5.41, 5.74) is 0.841. The zero-order valence-corrected chi connectivity index (χ0v) is 15.2. The van der Waals surface area contributed by atoms with Gasteiger partial charge in [-0.25, -0.2) is 0 Å². The van der Waals surface area contributed by atoms with E-state index in [2.05, 4.69) is 27.4 Å². The molecule has 1 unspecified atom stereocenters. The van der Waals surface area contributed by atoms with Crippen LogP contribution in [0.2, 0.25) is 0 Å². The molecule has 2 aliphatic rings. The van der Waals surface area contributed by atoms with Gasteiger partial charge < -0.3 is 24.8 Å². The molecule has 3 rings (SSSR count). The number of piperazine rings is 1. The predicted octanol–water partition coefficient (Wildman–Crippen LogP) is -1.03. The smallest absolute Gasteiger partial charge is 0.246 e. The van der Waals surface area contributed by atoms with E-state index in [-0.39, 0.29) is 12.0 Å². The molecule has 0 bridgehead atoms. The maximum atomic E-state index is 12.5. The average molecular weight is 349 g/mol. The second-order valence-electron chi connectivity index (χ2n) is 6.52. The summed E-state index contributed by atoms with van der Waals surface area (Å²) in [7, 11) is 5.69. The SMILES string of the molecule is CN=C(NCC1CN(C)CCO1)N1CCN(c2cnn(C)c2)C(=O)C1. The topological polar surface area (TPSA) is 78.2 Å². The minimum absolute atomic E-state index is 0.0517. The molecule has 2 aliphatic heterocycles. The number of anilines is 1. The number of nitrogens with zero attached hydrogens (tertiary/aromatic N) is 6. The maximum absolute atomic E-state index is 12.5. The minimum Gasteiger partial charge on any atom is -0.374 e.